The Bertz CT molecular complexity index is 1320. The smallest absolute Gasteiger partial charge is 0.261 e. The van der Waals surface area contributed by atoms with Gasteiger partial charge in [0.1, 0.15) is 0 Å². The van der Waals surface area contributed by atoms with Crippen molar-refractivity contribution in [2.24, 2.45) is 5.92 Å². The average Bonchev–Trinajstić information content (AvgIpc) is 3.26. The third-order valence-electron chi connectivity index (χ3n) is 6.50. The third kappa shape index (κ3) is 3.86. The molecule has 1 aliphatic heterocycles. The van der Waals surface area contributed by atoms with Crippen molar-refractivity contribution in [2.45, 2.75) is 37.1 Å². The Morgan fingerprint density at radius 1 is 1.00 bits per heavy atom. The van der Waals surface area contributed by atoms with Gasteiger partial charge in [-0.15, -0.1) is 0 Å². The highest BCUT2D eigenvalue weighted by molar-refractivity contribution is 9.10. The van der Waals surface area contributed by atoms with Gasteiger partial charge in [-0.2, -0.15) is 0 Å². The molecule has 4 nitrogen and oxygen atoms in total. The molecule has 2 aliphatic rings. The monoisotopic (exact) mass is 508 g/mol. The first-order valence-electron chi connectivity index (χ1n) is 10.7. The number of anilines is 2. The predicted octanol–water partition coefficient (Wildman–Crippen LogP) is 6.69. The van der Waals surface area contributed by atoms with Crippen LogP contribution in [0.4, 0.5) is 11.4 Å². The number of halogens is 1. The van der Waals surface area contributed by atoms with Gasteiger partial charge >= 0.3 is 0 Å². The fourth-order valence-electron chi connectivity index (χ4n) is 4.87. The van der Waals surface area contributed by atoms with Gasteiger partial charge in [0.2, 0.25) is 0 Å². The van der Waals surface area contributed by atoms with Crippen molar-refractivity contribution < 1.29 is 8.42 Å². The van der Waals surface area contributed by atoms with Crippen molar-refractivity contribution in [3.63, 3.8) is 0 Å². The van der Waals surface area contributed by atoms with E-state index in [-0.39, 0.29) is 12.0 Å². The second-order valence-corrected chi connectivity index (χ2v) is 11.3. The molecule has 1 aliphatic carbocycles. The van der Waals surface area contributed by atoms with Crippen LogP contribution in [-0.2, 0) is 10.0 Å². The summed E-state index contributed by atoms with van der Waals surface area (Å²) in [4.78, 5) is 0.291. The summed E-state index contributed by atoms with van der Waals surface area (Å²) in [7, 11) is -3.69. The van der Waals surface area contributed by atoms with Crippen LogP contribution in [0.5, 0.6) is 0 Å². The molecule has 0 bridgehead atoms. The first-order chi connectivity index (χ1) is 15.3. The fraction of sp³-hybridized carbons (Fsp3) is 0.231. The SMILES string of the molecule is Cc1ccc(NS(=O)(=O)c2ccc3c(c2)[C@H]2C=CC[C@H]2[C@@H](c2ccc(Br)cc2)N3)c(C)c1. The molecule has 0 saturated heterocycles. The molecule has 0 radical (unpaired) electrons. The molecule has 164 valence electrons. The maximum absolute atomic E-state index is 13.2. The van der Waals surface area contributed by atoms with Gasteiger partial charge in [-0.25, -0.2) is 8.42 Å². The molecule has 3 aromatic rings. The molecule has 0 saturated carbocycles. The Morgan fingerprint density at radius 3 is 2.53 bits per heavy atom. The van der Waals surface area contributed by atoms with Crippen molar-refractivity contribution in [1.29, 1.82) is 0 Å². The number of fused-ring (bicyclic) bond motifs is 3. The van der Waals surface area contributed by atoms with E-state index in [0.717, 1.165) is 33.3 Å². The van der Waals surface area contributed by atoms with Crippen molar-refractivity contribution >= 4 is 37.3 Å². The van der Waals surface area contributed by atoms with Crippen molar-refractivity contribution in [3.05, 3.63) is 99.5 Å². The molecular weight excluding hydrogens is 484 g/mol. The van der Waals surface area contributed by atoms with Gasteiger partial charge in [-0.05, 0) is 79.3 Å². The van der Waals surface area contributed by atoms with E-state index in [1.54, 1.807) is 6.07 Å². The number of hydrogen-bond donors (Lipinski definition) is 2. The molecule has 0 aromatic heterocycles. The lowest BCUT2D eigenvalue weighted by atomic mass is 9.77. The summed E-state index contributed by atoms with van der Waals surface area (Å²) in [5, 5.41) is 3.68. The molecule has 0 spiro atoms. The summed E-state index contributed by atoms with van der Waals surface area (Å²) >= 11 is 3.51. The minimum Gasteiger partial charge on any atom is -0.378 e. The van der Waals surface area contributed by atoms with Crippen LogP contribution in [-0.4, -0.2) is 8.42 Å². The summed E-state index contributed by atoms with van der Waals surface area (Å²) in [6, 6.07) is 19.8. The number of benzene rings is 3. The lowest BCUT2D eigenvalue weighted by Crippen LogP contribution is -2.29. The van der Waals surface area contributed by atoms with Crippen LogP contribution in [0.1, 0.15) is 40.6 Å². The predicted molar refractivity (Wildman–Crippen MR) is 134 cm³/mol. The van der Waals surface area contributed by atoms with E-state index in [0.29, 0.717) is 16.5 Å². The van der Waals surface area contributed by atoms with Crippen LogP contribution < -0.4 is 10.0 Å². The quantitative estimate of drug-likeness (QED) is 0.385. The Kier molecular flexibility index (Phi) is 5.38. The molecular formula is C26H25BrN2O2S. The summed E-state index contributed by atoms with van der Waals surface area (Å²) in [5.41, 5.74) is 5.90. The number of allylic oxidation sites excluding steroid dienone is 2. The van der Waals surface area contributed by atoms with Crippen LogP contribution in [0.15, 0.2) is 82.2 Å². The van der Waals surface area contributed by atoms with Crippen molar-refractivity contribution in [3.8, 4) is 0 Å². The van der Waals surface area contributed by atoms with E-state index in [9.17, 15) is 8.42 Å². The van der Waals surface area contributed by atoms with Crippen LogP contribution in [0, 0.1) is 19.8 Å². The molecule has 1 heterocycles. The van der Waals surface area contributed by atoms with Gasteiger partial charge in [0.25, 0.3) is 10.0 Å². The molecule has 0 fully saturated rings. The van der Waals surface area contributed by atoms with Crippen LogP contribution in [0.2, 0.25) is 0 Å². The van der Waals surface area contributed by atoms with E-state index < -0.39 is 10.0 Å². The van der Waals surface area contributed by atoms with E-state index in [1.165, 1.54) is 5.56 Å². The van der Waals surface area contributed by atoms with Crippen LogP contribution in [0.25, 0.3) is 0 Å². The van der Waals surface area contributed by atoms with Gasteiger partial charge in [-0.1, -0.05) is 57.9 Å². The van der Waals surface area contributed by atoms with Gasteiger partial charge in [0.05, 0.1) is 16.6 Å². The Labute approximate surface area is 197 Å². The second-order valence-electron chi connectivity index (χ2n) is 8.70. The minimum atomic E-state index is -3.69. The average molecular weight is 509 g/mol. The summed E-state index contributed by atoms with van der Waals surface area (Å²) in [6.45, 7) is 3.91. The third-order valence-corrected chi connectivity index (χ3v) is 8.39. The lowest BCUT2D eigenvalue weighted by Gasteiger charge is -2.37. The Balaban J connectivity index is 1.49. The highest BCUT2D eigenvalue weighted by Crippen LogP contribution is 2.50. The van der Waals surface area contributed by atoms with Crippen molar-refractivity contribution in [1.82, 2.24) is 0 Å². The second kappa shape index (κ2) is 8.09. The molecule has 5 rings (SSSR count). The fourth-order valence-corrected chi connectivity index (χ4v) is 6.30. The molecule has 0 amide bonds. The van der Waals surface area contributed by atoms with Gasteiger partial charge in [0.15, 0.2) is 0 Å². The van der Waals surface area contributed by atoms with E-state index in [1.807, 2.05) is 44.2 Å². The van der Waals surface area contributed by atoms with Crippen molar-refractivity contribution in [2.75, 3.05) is 10.0 Å². The number of nitrogens with one attached hydrogen (secondary N) is 2. The molecule has 32 heavy (non-hydrogen) atoms. The first kappa shape index (κ1) is 21.3. The zero-order valence-corrected chi connectivity index (χ0v) is 20.4. The van der Waals surface area contributed by atoms with Crippen LogP contribution in [0.3, 0.4) is 0 Å². The normalized spacial score (nSPS) is 21.5. The number of hydrogen-bond acceptors (Lipinski definition) is 3. The highest BCUT2D eigenvalue weighted by atomic mass is 79.9. The summed E-state index contributed by atoms with van der Waals surface area (Å²) < 4.78 is 30.2. The summed E-state index contributed by atoms with van der Waals surface area (Å²) in [5.74, 6) is 0.546. The van der Waals surface area contributed by atoms with Crippen LogP contribution >= 0.6 is 15.9 Å². The van der Waals surface area contributed by atoms with E-state index in [2.05, 4.69) is 62.4 Å². The standard InChI is InChI=1S/C26H25BrN2O2S/c1-16-6-12-24(17(2)14-16)29-32(30,31)20-11-13-25-23(15-20)21-4-3-5-22(21)26(28-25)18-7-9-19(27)10-8-18/h3-4,6-15,21-22,26,28-29H,5H2,1-2H3/t21-,22+,26+/m0/s1. The molecule has 0 unspecified atom stereocenters. The van der Waals surface area contributed by atoms with E-state index in [4.69, 9.17) is 0 Å². The largest absolute Gasteiger partial charge is 0.378 e. The highest BCUT2D eigenvalue weighted by Gasteiger charge is 2.38. The van der Waals surface area contributed by atoms with E-state index >= 15 is 0 Å². The van der Waals surface area contributed by atoms with Gasteiger partial charge in [0, 0.05) is 16.1 Å². The zero-order chi connectivity index (χ0) is 22.5. The maximum Gasteiger partial charge on any atom is 0.261 e. The number of aryl methyl sites for hydroxylation is 2. The number of rotatable bonds is 4. The molecule has 2 N–H and O–H groups in total. The number of sulfonamides is 1. The zero-order valence-electron chi connectivity index (χ0n) is 18.0. The lowest BCUT2D eigenvalue weighted by molar-refractivity contribution is 0.425. The maximum atomic E-state index is 13.2. The first-order valence-corrected chi connectivity index (χ1v) is 13.0. The van der Waals surface area contributed by atoms with Gasteiger partial charge < -0.3 is 5.32 Å². The molecule has 3 atom stereocenters. The molecule has 3 aromatic carbocycles. The Morgan fingerprint density at radius 2 is 1.78 bits per heavy atom. The summed E-state index contributed by atoms with van der Waals surface area (Å²) in [6.07, 6.45) is 5.41. The minimum absolute atomic E-state index is 0.186. The topological polar surface area (TPSA) is 58.2 Å². The van der Waals surface area contributed by atoms with Gasteiger partial charge in [-0.3, -0.25) is 4.72 Å². The molecule has 6 heteroatoms. The Hall–Kier alpha value is -2.57.